The zero-order valence-corrected chi connectivity index (χ0v) is 23.0. The molecule has 0 aliphatic carbocycles. The first-order chi connectivity index (χ1) is 18.3. The molecule has 9 heteroatoms. The minimum atomic E-state index is -1.02. The van der Waals surface area contributed by atoms with E-state index in [1.165, 1.54) is 6.07 Å². The van der Waals surface area contributed by atoms with Gasteiger partial charge < -0.3 is 24.8 Å². The fraction of sp³-hybridized carbons (Fsp3) is 0.310. The van der Waals surface area contributed by atoms with E-state index in [0.29, 0.717) is 6.61 Å². The van der Waals surface area contributed by atoms with Crippen molar-refractivity contribution in [2.45, 2.75) is 31.9 Å². The van der Waals surface area contributed by atoms with Crippen LogP contribution < -0.4 is 10.1 Å². The van der Waals surface area contributed by atoms with Gasteiger partial charge in [-0.25, -0.2) is 4.79 Å². The lowest BCUT2D eigenvalue weighted by Gasteiger charge is -2.19. The summed E-state index contributed by atoms with van der Waals surface area (Å²) in [5.41, 5.74) is 1.47. The molecule has 3 rings (SSSR count). The second-order valence-electron chi connectivity index (χ2n) is 9.07. The second-order valence-corrected chi connectivity index (χ2v) is 9.85. The number of esters is 1. The number of nitrogens with one attached hydrogen (secondary N) is 1. The third-order valence-corrected chi connectivity index (χ3v) is 6.37. The number of phenols is 1. The van der Waals surface area contributed by atoms with E-state index in [4.69, 9.17) is 32.7 Å². The molecule has 1 atom stereocenters. The lowest BCUT2D eigenvalue weighted by atomic mass is 10.0. The van der Waals surface area contributed by atoms with Crippen LogP contribution >= 0.6 is 23.2 Å². The summed E-state index contributed by atoms with van der Waals surface area (Å²) in [5.74, 6) is -1.70. The number of hydrogen-bond donors (Lipinski definition) is 2. The van der Waals surface area contributed by atoms with Gasteiger partial charge in [0.2, 0.25) is 0 Å². The Bertz CT molecular complexity index is 1210. The van der Waals surface area contributed by atoms with E-state index >= 15 is 0 Å². The van der Waals surface area contributed by atoms with Crippen molar-refractivity contribution in [1.29, 1.82) is 0 Å². The third-order valence-electron chi connectivity index (χ3n) is 5.74. The van der Waals surface area contributed by atoms with Gasteiger partial charge in [0.1, 0.15) is 17.7 Å². The summed E-state index contributed by atoms with van der Waals surface area (Å²) in [6, 6.07) is 18.7. The topological polar surface area (TPSA) is 88.1 Å². The summed E-state index contributed by atoms with van der Waals surface area (Å²) < 4.78 is 11.2. The van der Waals surface area contributed by atoms with Crippen molar-refractivity contribution in [3.63, 3.8) is 0 Å². The predicted molar refractivity (Wildman–Crippen MR) is 149 cm³/mol. The van der Waals surface area contributed by atoms with Crippen LogP contribution in [0.1, 0.15) is 34.3 Å². The Morgan fingerprint density at radius 3 is 2.24 bits per heavy atom. The Kier molecular flexibility index (Phi) is 11.3. The summed E-state index contributed by atoms with van der Waals surface area (Å²) in [6.07, 6.45) is 1.87. The number of carbonyl (C=O) groups is 2. The Balaban J connectivity index is 1.73. The molecule has 0 bridgehead atoms. The van der Waals surface area contributed by atoms with Crippen LogP contribution in [0.25, 0.3) is 0 Å². The number of hydrogen-bond acceptors (Lipinski definition) is 6. The molecule has 0 saturated heterocycles. The molecule has 0 spiro atoms. The number of ether oxygens (including phenoxy) is 2. The van der Waals surface area contributed by atoms with E-state index in [0.717, 1.165) is 30.5 Å². The largest absolute Gasteiger partial charge is 0.505 e. The first kappa shape index (κ1) is 29.3. The SMILES string of the molecule is CN(C)CCCCOc1c(Cl)cc(C(=O)N[C@H](Cc2ccccc2)C(=O)OCc2ccccc2)c(O)c1Cl. The van der Waals surface area contributed by atoms with Gasteiger partial charge in [-0.2, -0.15) is 0 Å². The molecule has 1 amide bonds. The standard InChI is InChI=1S/C29H32Cl2N2O5/c1-33(2)15-9-10-16-37-27-23(30)18-22(26(34)25(27)31)28(35)32-24(17-20-11-5-3-6-12-20)29(36)38-19-21-13-7-4-8-14-21/h3-8,11-14,18,24,34H,9-10,15-17,19H2,1-2H3,(H,32,35)/t24-/m1/s1. The molecule has 0 fully saturated rings. The minimum absolute atomic E-state index is 0.0598. The van der Waals surface area contributed by atoms with Crippen LogP contribution in [0.3, 0.4) is 0 Å². The van der Waals surface area contributed by atoms with Crippen LogP contribution in [-0.4, -0.2) is 55.2 Å². The van der Waals surface area contributed by atoms with Gasteiger partial charge in [0.25, 0.3) is 5.91 Å². The van der Waals surface area contributed by atoms with Gasteiger partial charge in [0.15, 0.2) is 11.5 Å². The molecule has 0 aliphatic heterocycles. The van der Waals surface area contributed by atoms with Crippen LogP contribution in [0, 0.1) is 0 Å². The highest BCUT2D eigenvalue weighted by atomic mass is 35.5. The molecule has 38 heavy (non-hydrogen) atoms. The van der Waals surface area contributed by atoms with Crippen LogP contribution in [0.4, 0.5) is 0 Å². The number of phenolic OH excluding ortho intramolecular Hbond substituents is 1. The Morgan fingerprint density at radius 2 is 1.61 bits per heavy atom. The second kappa shape index (κ2) is 14.6. The molecule has 0 saturated carbocycles. The van der Waals surface area contributed by atoms with Gasteiger partial charge in [0.05, 0.1) is 17.2 Å². The highest BCUT2D eigenvalue weighted by Crippen LogP contribution is 2.42. The van der Waals surface area contributed by atoms with E-state index in [1.54, 1.807) is 0 Å². The third kappa shape index (κ3) is 8.65. The van der Waals surface area contributed by atoms with Crippen LogP contribution in [0.5, 0.6) is 11.5 Å². The Labute approximate surface area is 233 Å². The van der Waals surface area contributed by atoms with E-state index in [9.17, 15) is 14.7 Å². The maximum absolute atomic E-state index is 13.2. The van der Waals surface area contributed by atoms with E-state index in [-0.39, 0.29) is 34.4 Å². The van der Waals surface area contributed by atoms with E-state index < -0.39 is 23.7 Å². The van der Waals surface area contributed by atoms with Gasteiger partial charge in [-0.15, -0.1) is 0 Å². The number of nitrogens with zero attached hydrogens (tertiary/aromatic N) is 1. The quantitative estimate of drug-likeness (QED) is 0.212. The van der Waals surface area contributed by atoms with Crippen molar-refractivity contribution in [2.24, 2.45) is 0 Å². The van der Waals surface area contributed by atoms with Gasteiger partial charge in [-0.05, 0) is 50.7 Å². The maximum Gasteiger partial charge on any atom is 0.329 e. The van der Waals surface area contributed by atoms with Crippen molar-refractivity contribution >= 4 is 35.1 Å². The van der Waals surface area contributed by atoms with Gasteiger partial charge in [0, 0.05) is 6.42 Å². The molecule has 202 valence electrons. The normalized spacial score (nSPS) is 11.7. The number of amides is 1. The van der Waals surface area contributed by atoms with Crippen LogP contribution in [0.15, 0.2) is 66.7 Å². The van der Waals surface area contributed by atoms with Crippen LogP contribution in [-0.2, 0) is 22.6 Å². The highest BCUT2D eigenvalue weighted by molar-refractivity contribution is 6.39. The molecular formula is C29H32Cl2N2O5. The molecule has 3 aromatic carbocycles. The van der Waals surface area contributed by atoms with Crippen molar-refractivity contribution < 1.29 is 24.2 Å². The number of benzene rings is 3. The first-order valence-electron chi connectivity index (χ1n) is 12.3. The fourth-order valence-electron chi connectivity index (χ4n) is 3.71. The number of halogens is 2. The summed E-state index contributed by atoms with van der Waals surface area (Å²) in [5, 5.41) is 13.3. The molecule has 0 unspecified atom stereocenters. The lowest BCUT2D eigenvalue weighted by molar-refractivity contribution is -0.147. The molecule has 3 aromatic rings. The summed E-state index contributed by atoms with van der Waals surface area (Å²) in [4.78, 5) is 28.3. The average molecular weight is 559 g/mol. The van der Waals surface area contributed by atoms with Crippen LogP contribution in [0.2, 0.25) is 10.0 Å². The summed E-state index contributed by atoms with van der Waals surface area (Å²) in [7, 11) is 3.98. The number of carbonyl (C=O) groups excluding carboxylic acids is 2. The molecular weight excluding hydrogens is 527 g/mol. The molecule has 2 N–H and O–H groups in total. The summed E-state index contributed by atoms with van der Waals surface area (Å²) in [6.45, 7) is 1.32. The van der Waals surface area contributed by atoms with Crippen molar-refractivity contribution in [3.05, 3.63) is 93.5 Å². The molecule has 0 heterocycles. The highest BCUT2D eigenvalue weighted by Gasteiger charge is 2.27. The number of rotatable bonds is 13. The van der Waals surface area contributed by atoms with Gasteiger partial charge >= 0.3 is 5.97 Å². The smallest absolute Gasteiger partial charge is 0.329 e. The van der Waals surface area contributed by atoms with E-state index in [2.05, 4.69) is 10.2 Å². The van der Waals surface area contributed by atoms with Gasteiger partial charge in [-0.3, -0.25) is 4.79 Å². The average Bonchev–Trinajstić information content (AvgIpc) is 2.91. The first-order valence-corrected chi connectivity index (χ1v) is 13.1. The Hall–Kier alpha value is -3.26. The predicted octanol–water partition coefficient (Wildman–Crippen LogP) is 5.50. The molecule has 0 aliphatic rings. The fourth-order valence-corrected chi connectivity index (χ4v) is 4.27. The molecule has 0 radical (unpaired) electrons. The van der Waals surface area contributed by atoms with Crippen molar-refractivity contribution in [2.75, 3.05) is 27.2 Å². The minimum Gasteiger partial charge on any atom is -0.505 e. The van der Waals surface area contributed by atoms with Gasteiger partial charge in [-0.1, -0.05) is 83.9 Å². The zero-order chi connectivity index (χ0) is 27.5. The number of aromatic hydroxyl groups is 1. The molecule has 0 aromatic heterocycles. The number of unbranched alkanes of at least 4 members (excludes halogenated alkanes) is 1. The zero-order valence-electron chi connectivity index (χ0n) is 21.5. The summed E-state index contributed by atoms with van der Waals surface area (Å²) >= 11 is 12.7. The monoisotopic (exact) mass is 558 g/mol. The lowest BCUT2D eigenvalue weighted by Crippen LogP contribution is -2.43. The van der Waals surface area contributed by atoms with Crippen molar-refractivity contribution in [3.8, 4) is 11.5 Å². The maximum atomic E-state index is 13.2. The van der Waals surface area contributed by atoms with Crippen molar-refractivity contribution in [1.82, 2.24) is 10.2 Å². The molecule has 7 nitrogen and oxygen atoms in total. The Morgan fingerprint density at radius 1 is 0.974 bits per heavy atom. The van der Waals surface area contributed by atoms with E-state index in [1.807, 2.05) is 74.8 Å².